The van der Waals surface area contributed by atoms with Crippen LogP contribution in [0.4, 0.5) is 5.69 Å². The number of para-hydroxylation sites is 1. The van der Waals surface area contributed by atoms with E-state index < -0.39 is 10.0 Å². The normalized spacial score (nSPS) is 13.9. The van der Waals surface area contributed by atoms with Crippen LogP contribution >= 0.6 is 11.8 Å². The molecule has 0 aliphatic rings. The molecule has 0 amide bonds. The first-order chi connectivity index (χ1) is 7.91. The van der Waals surface area contributed by atoms with Crippen molar-refractivity contribution < 1.29 is 8.42 Å². The topological polar surface area (TPSA) is 63.4 Å². The van der Waals surface area contributed by atoms with Crippen LogP contribution in [0.1, 0.15) is 6.92 Å². The van der Waals surface area contributed by atoms with Crippen LogP contribution in [0.3, 0.4) is 0 Å². The molecule has 17 heavy (non-hydrogen) atoms. The highest BCUT2D eigenvalue weighted by molar-refractivity contribution is 7.98. The summed E-state index contributed by atoms with van der Waals surface area (Å²) in [5.74, 6) is 0.752. The van der Waals surface area contributed by atoms with Gasteiger partial charge in [-0.1, -0.05) is 12.1 Å². The average Bonchev–Trinajstić information content (AvgIpc) is 2.28. The van der Waals surface area contributed by atoms with Gasteiger partial charge in [0.15, 0.2) is 0 Å². The molecule has 1 unspecified atom stereocenters. The number of benzene rings is 1. The minimum atomic E-state index is -3.50. The molecule has 1 aromatic rings. The number of rotatable bonds is 5. The van der Waals surface area contributed by atoms with Crippen molar-refractivity contribution >= 4 is 27.5 Å². The van der Waals surface area contributed by atoms with Gasteiger partial charge in [-0.25, -0.2) is 8.42 Å². The van der Waals surface area contributed by atoms with Crippen LogP contribution in [-0.2, 0) is 10.0 Å². The van der Waals surface area contributed by atoms with Gasteiger partial charge in [-0.15, -0.1) is 0 Å². The average molecular weight is 274 g/mol. The summed E-state index contributed by atoms with van der Waals surface area (Å²) in [6.07, 6.45) is 1.95. The van der Waals surface area contributed by atoms with Crippen LogP contribution in [0, 0.1) is 0 Å². The fourth-order valence-electron chi connectivity index (χ4n) is 1.45. The Kier molecular flexibility index (Phi) is 4.85. The van der Waals surface area contributed by atoms with Crippen LogP contribution in [0.15, 0.2) is 29.2 Å². The largest absolute Gasteiger partial charge is 0.398 e. The van der Waals surface area contributed by atoms with Crippen molar-refractivity contribution in [2.45, 2.75) is 17.9 Å². The Bertz CT molecular complexity index is 474. The van der Waals surface area contributed by atoms with Gasteiger partial charge in [-0.2, -0.15) is 16.1 Å². The summed E-state index contributed by atoms with van der Waals surface area (Å²) in [5, 5.41) is 0. The molecule has 4 nitrogen and oxygen atoms in total. The van der Waals surface area contributed by atoms with Crippen molar-refractivity contribution in [1.82, 2.24) is 4.31 Å². The monoisotopic (exact) mass is 274 g/mol. The molecule has 1 atom stereocenters. The number of thioether (sulfide) groups is 1. The molecule has 0 fully saturated rings. The minimum Gasteiger partial charge on any atom is -0.398 e. The van der Waals surface area contributed by atoms with Crippen LogP contribution in [0.5, 0.6) is 0 Å². The van der Waals surface area contributed by atoms with Gasteiger partial charge >= 0.3 is 0 Å². The Hall–Kier alpha value is -0.720. The zero-order valence-electron chi connectivity index (χ0n) is 10.3. The summed E-state index contributed by atoms with van der Waals surface area (Å²) in [5.41, 5.74) is 6.00. The van der Waals surface area contributed by atoms with E-state index in [-0.39, 0.29) is 16.6 Å². The molecule has 2 N–H and O–H groups in total. The van der Waals surface area contributed by atoms with Crippen molar-refractivity contribution in [3.8, 4) is 0 Å². The van der Waals surface area contributed by atoms with E-state index in [4.69, 9.17) is 5.73 Å². The molecule has 0 radical (unpaired) electrons. The van der Waals surface area contributed by atoms with Gasteiger partial charge in [0.1, 0.15) is 4.90 Å². The summed E-state index contributed by atoms with van der Waals surface area (Å²) in [6.45, 7) is 1.88. The van der Waals surface area contributed by atoms with Crippen molar-refractivity contribution in [1.29, 1.82) is 0 Å². The smallest absolute Gasteiger partial charge is 0.245 e. The third-order valence-corrected chi connectivity index (χ3v) is 5.47. The first-order valence-electron chi connectivity index (χ1n) is 5.22. The lowest BCUT2D eigenvalue weighted by molar-refractivity contribution is 0.415. The summed E-state index contributed by atoms with van der Waals surface area (Å²) in [6, 6.07) is 6.47. The fraction of sp³-hybridized carbons (Fsp3) is 0.455. The maximum Gasteiger partial charge on any atom is 0.245 e. The Morgan fingerprint density at radius 1 is 1.41 bits per heavy atom. The molecule has 0 aliphatic heterocycles. The van der Waals surface area contributed by atoms with Crippen molar-refractivity contribution in [3.05, 3.63) is 24.3 Å². The van der Waals surface area contributed by atoms with Gasteiger partial charge < -0.3 is 5.73 Å². The third-order valence-electron chi connectivity index (χ3n) is 2.60. The van der Waals surface area contributed by atoms with Crippen LogP contribution < -0.4 is 5.73 Å². The van der Waals surface area contributed by atoms with Gasteiger partial charge in [-0.3, -0.25) is 0 Å². The highest BCUT2D eigenvalue weighted by Crippen LogP contribution is 2.22. The second kappa shape index (κ2) is 5.75. The molecular weight excluding hydrogens is 256 g/mol. The number of hydrogen-bond acceptors (Lipinski definition) is 4. The molecule has 0 aromatic heterocycles. The maximum atomic E-state index is 12.3. The van der Waals surface area contributed by atoms with E-state index in [2.05, 4.69) is 0 Å². The summed E-state index contributed by atoms with van der Waals surface area (Å²) in [4.78, 5) is 0.176. The van der Waals surface area contributed by atoms with Crippen LogP contribution in [0.2, 0.25) is 0 Å². The highest BCUT2D eigenvalue weighted by atomic mass is 32.2. The molecule has 1 rings (SSSR count). The Morgan fingerprint density at radius 3 is 2.53 bits per heavy atom. The lowest BCUT2D eigenvalue weighted by atomic mass is 10.3. The summed E-state index contributed by atoms with van der Waals surface area (Å²) in [7, 11) is -1.91. The predicted molar refractivity (Wildman–Crippen MR) is 73.6 cm³/mol. The van der Waals surface area contributed by atoms with E-state index in [0.29, 0.717) is 0 Å². The van der Waals surface area contributed by atoms with E-state index in [1.807, 2.05) is 13.2 Å². The zero-order valence-corrected chi connectivity index (χ0v) is 11.9. The minimum absolute atomic E-state index is 0.0605. The van der Waals surface area contributed by atoms with Crippen molar-refractivity contribution in [2.24, 2.45) is 0 Å². The van der Waals surface area contributed by atoms with Gasteiger partial charge in [-0.05, 0) is 25.3 Å². The first-order valence-corrected chi connectivity index (χ1v) is 8.06. The quantitative estimate of drug-likeness (QED) is 0.829. The summed E-state index contributed by atoms with van der Waals surface area (Å²) < 4.78 is 26.0. The number of nitrogens with zero attached hydrogens (tertiary/aromatic N) is 1. The molecule has 0 spiro atoms. The first kappa shape index (κ1) is 14.3. The Balaban J connectivity index is 3.08. The maximum absolute atomic E-state index is 12.3. The zero-order chi connectivity index (χ0) is 13.1. The number of nitrogen functional groups attached to an aromatic ring is 1. The van der Waals surface area contributed by atoms with Crippen molar-refractivity contribution in [2.75, 3.05) is 24.8 Å². The number of hydrogen-bond donors (Lipinski definition) is 1. The molecular formula is C11H18N2O2S2. The van der Waals surface area contributed by atoms with Crippen LogP contribution in [-0.4, -0.2) is 37.8 Å². The lowest BCUT2D eigenvalue weighted by Gasteiger charge is -2.24. The van der Waals surface area contributed by atoms with Gasteiger partial charge in [0.2, 0.25) is 10.0 Å². The molecule has 0 bridgehead atoms. The van der Waals surface area contributed by atoms with E-state index in [1.165, 1.54) is 10.4 Å². The third kappa shape index (κ3) is 3.14. The Morgan fingerprint density at radius 2 is 2.00 bits per heavy atom. The van der Waals surface area contributed by atoms with Crippen molar-refractivity contribution in [3.63, 3.8) is 0 Å². The molecule has 0 aliphatic carbocycles. The molecule has 96 valence electrons. The second-order valence-electron chi connectivity index (χ2n) is 3.86. The lowest BCUT2D eigenvalue weighted by Crippen LogP contribution is -2.36. The second-order valence-corrected chi connectivity index (χ2v) is 6.74. The van der Waals surface area contributed by atoms with Gasteiger partial charge in [0, 0.05) is 18.8 Å². The Labute approximate surface area is 107 Å². The molecule has 0 heterocycles. The number of anilines is 1. The molecule has 0 saturated heterocycles. The molecule has 0 saturated carbocycles. The molecule has 1 aromatic carbocycles. The van der Waals surface area contributed by atoms with E-state index in [9.17, 15) is 8.42 Å². The predicted octanol–water partition coefficient (Wildman–Crippen LogP) is 1.64. The van der Waals surface area contributed by atoms with Gasteiger partial charge in [0.05, 0.1) is 5.69 Å². The van der Waals surface area contributed by atoms with E-state index >= 15 is 0 Å². The molecule has 6 heteroatoms. The van der Waals surface area contributed by atoms with Crippen LogP contribution in [0.25, 0.3) is 0 Å². The fourth-order valence-corrected chi connectivity index (χ4v) is 3.73. The highest BCUT2D eigenvalue weighted by Gasteiger charge is 2.26. The van der Waals surface area contributed by atoms with E-state index in [1.54, 1.807) is 37.0 Å². The standard InChI is InChI=1S/C11H18N2O2S2/c1-9(8-16-3)13(2)17(14,15)11-7-5-4-6-10(11)12/h4-7,9H,8,12H2,1-3H3. The number of nitrogens with two attached hydrogens (primary N) is 1. The van der Waals surface area contributed by atoms with Gasteiger partial charge in [0.25, 0.3) is 0 Å². The van der Waals surface area contributed by atoms with E-state index in [0.717, 1.165) is 5.75 Å². The number of sulfonamides is 1. The summed E-state index contributed by atoms with van der Waals surface area (Å²) >= 11 is 1.62. The SMILES string of the molecule is CSCC(C)N(C)S(=O)(=O)c1ccccc1N.